The molecule has 5 heteroatoms. The number of rotatable bonds is 3. The van der Waals surface area contributed by atoms with Gasteiger partial charge < -0.3 is 10.6 Å². The van der Waals surface area contributed by atoms with Crippen molar-refractivity contribution in [2.24, 2.45) is 5.73 Å². The van der Waals surface area contributed by atoms with Gasteiger partial charge in [0, 0.05) is 32.0 Å². The quantitative estimate of drug-likeness (QED) is 0.729. The van der Waals surface area contributed by atoms with E-state index >= 15 is 0 Å². The lowest BCUT2D eigenvalue weighted by Crippen LogP contribution is -2.37. The SMILES string of the molecule is CC(N)CN(C)C(=O)c1cncnc1. The van der Waals surface area contributed by atoms with E-state index in [1.807, 2.05) is 6.92 Å². The van der Waals surface area contributed by atoms with E-state index in [1.165, 1.54) is 18.7 Å². The van der Waals surface area contributed by atoms with Gasteiger partial charge in [-0.1, -0.05) is 0 Å². The van der Waals surface area contributed by atoms with Gasteiger partial charge in [-0.2, -0.15) is 0 Å². The van der Waals surface area contributed by atoms with Crippen LogP contribution in [0.15, 0.2) is 18.7 Å². The Morgan fingerprint density at radius 1 is 1.57 bits per heavy atom. The van der Waals surface area contributed by atoms with Crippen molar-refractivity contribution in [2.45, 2.75) is 13.0 Å². The lowest BCUT2D eigenvalue weighted by Gasteiger charge is -2.18. The maximum Gasteiger partial charge on any atom is 0.256 e. The first-order valence-corrected chi connectivity index (χ1v) is 4.37. The molecule has 1 rings (SSSR count). The number of nitrogens with two attached hydrogens (primary N) is 1. The van der Waals surface area contributed by atoms with Crippen LogP contribution >= 0.6 is 0 Å². The second-order valence-electron chi connectivity index (χ2n) is 3.29. The number of carbonyl (C=O) groups excluding carboxylic acids is 1. The standard InChI is InChI=1S/C9H14N4O/c1-7(10)5-13(2)9(14)8-3-11-6-12-4-8/h3-4,6-7H,5,10H2,1-2H3. The van der Waals surface area contributed by atoms with E-state index in [0.717, 1.165) is 0 Å². The predicted molar refractivity (Wildman–Crippen MR) is 52.6 cm³/mol. The number of nitrogens with zero attached hydrogens (tertiary/aromatic N) is 3. The van der Waals surface area contributed by atoms with E-state index in [0.29, 0.717) is 12.1 Å². The van der Waals surface area contributed by atoms with Gasteiger partial charge in [0.1, 0.15) is 6.33 Å². The molecule has 14 heavy (non-hydrogen) atoms. The minimum Gasteiger partial charge on any atom is -0.340 e. The number of hydrogen-bond donors (Lipinski definition) is 1. The van der Waals surface area contributed by atoms with Gasteiger partial charge in [-0.3, -0.25) is 4.79 Å². The van der Waals surface area contributed by atoms with Crippen LogP contribution < -0.4 is 5.73 Å². The zero-order valence-corrected chi connectivity index (χ0v) is 8.34. The zero-order chi connectivity index (χ0) is 10.6. The van der Waals surface area contributed by atoms with Crippen molar-refractivity contribution in [3.8, 4) is 0 Å². The lowest BCUT2D eigenvalue weighted by atomic mass is 10.2. The van der Waals surface area contributed by atoms with Gasteiger partial charge in [0.05, 0.1) is 5.56 Å². The van der Waals surface area contributed by atoms with Crippen molar-refractivity contribution in [3.05, 3.63) is 24.3 Å². The van der Waals surface area contributed by atoms with Crippen molar-refractivity contribution >= 4 is 5.91 Å². The van der Waals surface area contributed by atoms with Crippen molar-refractivity contribution in [3.63, 3.8) is 0 Å². The molecule has 0 aliphatic heterocycles. The van der Waals surface area contributed by atoms with Gasteiger partial charge >= 0.3 is 0 Å². The van der Waals surface area contributed by atoms with Crippen LogP contribution in [0.2, 0.25) is 0 Å². The Labute approximate surface area is 83.0 Å². The van der Waals surface area contributed by atoms with Gasteiger partial charge in [0.25, 0.3) is 5.91 Å². The second-order valence-corrected chi connectivity index (χ2v) is 3.29. The largest absolute Gasteiger partial charge is 0.340 e. The first-order chi connectivity index (χ1) is 6.61. The fourth-order valence-electron chi connectivity index (χ4n) is 1.14. The van der Waals surface area contributed by atoms with Crippen molar-refractivity contribution in [2.75, 3.05) is 13.6 Å². The summed E-state index contributed by atoms with van der Waals surface area (Å²) in [5, 5.41) is 0. The van der Waals surface area contributed by atoms with Crippen molar-refractivity contribution in [1.82, 2.24) is 14.9 Å². The molecule has 0 radical (unpaired) electrons. The normalized spacial score (nSPS) is 12.2. The first kappa shape index (κ1) is 10.6. The number of hydrogen-bond acceptors (Lipinski definition) is 4. The summed E-state index contributed by atoms with van der Waals surface area (Å²) in [4.78, 5) is 20.8. The van der Waals surface area contributed by atoms with Crippen LogP contribution in [0.1, 0.15) is 17.3 Å². The predicted octanol–water partition coefficient (Wildman–Crippen LogP) is -0.104. The highest BCUT2D eigenvalue weighted by Gasteiger charge is 2.12. The third-order valence-electron chi connectivity index (χ3n) is 1.72. The summed E-state index contributed by atoms with van der Waals surface area (Å²) in [6.45, 7) is 2.37. The summed E-state index contributed by atoms with van der Waals surface area (Å²) in [5.41, 5.74) is 6.07. The summed E-state index contributed by atoms with van der Waals surface area (Å²) in [7, 11) is 1.71. The third-order valence-corrected chi connectivity index (χ3v) is 1.72. The average molecular weight is 194 g/mol. The van der Waals surface area contributed by atoms with Gasteiger partial charge in [-0.05, 0) is 6.92 Å². The highest BCUT2D eigenvalue weighted by molar-refractivity contribution is 5.93. The van der Waals surface area contributed by atoms with Crippen LogP contribution in [-0.2, 0) is 0 Å². The monoisotopic (exact) mass is 194 g/mol. The molecule has 0 bridgehead atoms. The van der Waals surface area contributed by atoms with Gasteiger partial charge in [0.2, 0.25) is 0 Å². The van der Waals surface area contributed by atoms with E-state index in [1.54, 1.807) is 11.9 Å². The number of aromatic nitrogens is 2. The van der Waals surface area contributed by atoms with Crippen LogP contribution in [-0.4, -0.2) is 40.4 Å². The number of likely N-dealkylation sites (N-methyl/N-ethyl adjacent to an activating group) is 1. The molecule has 0 aromatic carbocycles. The minimum absolute atomic E-state index is 0.0337. The van der Waals surface area contributed by atoms with Crippen LogP contribution in [0, 0.1) is 0 Å². The molecule has 0 spiro atoms. The van der Waals surface area contributed by atoms with Crippen LogP contribution in [0.4, 0.5) is 0 Å². The highest BCUT2D eigenvalue weighted by Crippen LogP contribution is 1.99. The Morgan fingerprint density at radius 3 is 2.64 bits per heavy atom. The molecule has 2 N–H and O–H groups in total. The molecule has 76 valence electrons. The van der Waals surface area contributed by atoms with E-state index in [2.05, 4.69) is 9.97 Å². The average Bonchev–Trinajstić information content (AvgIpc) is 2.17. The Hall–Kier alpha value is -1.49. The molecule has 1 atom stereocenters. The molecule has 1 heterocycles. The zero-order valence-electron chi connectivity index (χ0n) is 8.34. The van der Waals surface area contributed by atoms with Crippen LogP contribution in [0.3, 0.4) is 0 Å². The summed E-state index contributed by atoms with van der Waals surface area (Å²) >= 11 is 0. The Kier molecular flexibility index (Phi) is 3.53. The molecule has 1 amide bonds. The van der Waals surface area contributed by atoms with Gasteiger partial charge in [0.15, 0.2) is 0 Å². The highest BCUT2D eigenvalue weighted by atomic mass is 16.2. The minimum atomic E-state index is -0.108. The summed E-state index contributed by atoms with van der Waals surface area (Å²) in [6, 6.07) is -0.0337. The molecular weight excluding hydrogens is 180 g/mol. The van der Waals surface area contributed by atoms with Crippen molar-refractivity contribution < 1.29 is 4.79 Å². The molecule has 0 saturated heterocycles. The number of amides is 1. The molecule has 0 aliphatic rings. The maximum absolute atomic E-state index is 11.7. The third kappa shape index (κ3) is 2.77. The number of carbonyl (C=O) groups is 1. The van der Waals surface area contributed by atoms with Gasteiger partial charge in [-0.15, -0.1) is 0 Å². The summed E-state index contributed by atoms with van der Waals surface area (Å²) in [5.74, 6) is -0.108. The maximum atomic E-state index is 11.7. The van der Waals surface area contributed by atoms with Crippen LogP contribution in [0.25, 0.3) is 0 Å². The van der Waals surface area contributed by atoms with E-state index in [-0.39, 0.29) is 11.9 Å². The molecule has 0 saturated carbocycles. The van der Waals surface area contributed by atoms with E-state index < -0.39 is 0 Å². The molecule has 0 aliphatic carbocycles. The Morgan fingerprint density at radius 2 is 2.14 bits per heavy atom. The Balaban J connectivity index is 2.66. The van der Waals surface area contributed by atoms with E-state index in [4.69, 9.17) is 5.73 Å². The fourth-order valence-corrected chi connectivity index (χ4v) is 1.14. The fraction of sp³-hybridized carbons (Fsp3) is 0.444. The Bertz CT molecular complexity index is 299. The molecule has 1 aromatic rings. The van der Waals surface area contributed by atoms with E-state index in [9.17, 15) is 4.79 Å². The molecular formula is C9H14N4O. The molecule has 0 fully saturated rings. The summed E-state index contributed by atoms with van der Waals surface area (Å²) in [6.07, 6.45) is 4.38. The smallest absolute Gasteiger partial charge is 0.256 e. The summed E-state index contributed by atoms with van der Waals surface area (Å²) < 4.78 is 0. The first-order valence-electron chi connectivity index (χ1n) is 4.37. The molecule has 1 unspecified atom stereocenters. The molecule has 5 nitrogen and oxygen atoms in total. The van der Waals surface area contributed by atoms with Crippen molar-refractivity contribution in [1.29, 1.82) is 0 Å². The second kappa shape index (κ2) is 4.66. The van der Waals surface area contributed by atoms with Gasteiger partial charge in [-0.25, -0.2) is 9.97 Å². The molecule has 1 aromatic heterocycles. The lowest BCUT2D eigenvalue weighted by molar-refractivity contribution is 0.0788. The topological polar surface area (TPSA) is 72.1 Å². The van der Waals surface area contributed by atoms with Crippen LogP contribution in [0.5, 0.6) is 0 Å².